The number of hydrogen-bond donors (Lipinski definition) is 1. The lowest BCUT2D eigenvalue weighted by Gasteiger charge is -2.56. The number of pyridine rings is 1. The molecular formula is C36H42N2O4S2. The van der Waals surface area contributed by atoms with Crippen molar-refractivity contribution in [2.45, 2.75) is 84.5 Å². The van der Waals surface area contributed by atoms with E-state index in [1.54, 1.807) is 0 Å². The van der Waals surface area contributed by atoms with Gasteiger partial charge in [-0.25, -0.2) is 14.6 Å². The maximum absolute atomic E-state index is 14.0. The van der Waals surface area contributed by atoms with Crippen LogP contribution in [-0.4, -0.2) is 28.6 Å². The Bertz CT molecular complexity index is 1540. The molecule has 1 aromatic heterocycles. The number of fused-ring (bicyclic) bond motifs is 3. The van der Waals surface area contributed by atoms with Crippen LogP contribution in [0.5, 0.6) is 0 Å². The molecule has 8 heteroatoms. The summed E-state index contributed by atoms with van der Waals surface area (Å²) in [6.45, 7) is 4.53. The van der Waals surface area contributed by atoms with Gasteiger partial charge in [0.25, 0.3) is 0 Å². The standard InChI is InChI=1S/C36H42N2O4S2/c1-3-35(12-4-5-13-35)18-27-25-8-7-24-23-10-14-36(31(24)30(25)33(39)41-27)28-9-6-21(2)19-43-44-20-38-29-17-22(11-15-37-29)16-26(23)32(36)34(40)42-28/h9,11,15,17-18,21,23-24,31H,3-8,10,12-14,16,19-20H2,1-2H3,(H,37,38)/b27-18-,28-9+/t21-,23-,24-,31+,36-/m0/s1. The zero-order chi connectivity index (χ0) is 30.1. The minimum atomic E-state index is -0.593. The van der Waals surface area contributed by atoms with Gasteiger partial charge in [0.05, 0.1) is 16.9 Å². The van der Waals surface area contributed by atoms with Crippen molar-refractivity contribution in [3.05, 3.63) is 69.9 Å². The third kappa shape index (κ3) is 4.48. The molecule has 4 heterocycles. The van der Waals surface area contributed by atoms with Crippen LogP contribution in [0, 0.1) is 34.5 Å². The number of esters is 2. The van der Waals surface area contributed by atoms with Crippen molar-refractivity contribution in [1.82, 2.24) is 4.98 Å². The topological polar surface area (TPSA) is 77.5 Å². The summed E-state index contributed by atoms with van der Waals surface area (Å²) in [5, 5.41) is 3.47. The Kier molecular flexibility index (Phi) is 7.32. The third-order valence-electron chi connectivity index (χ3n) is 11.9. The van der Waals surface area contributed by atoms with Crippen molar-refractivity contribution in [3.63, 3.8) is 0 Å². The first-order valence-corrected chi connectivity index (χ1v) is 19.2. The smallest absolute Gasteiger partial charge is 0.340 e. The van der Waals surface area contributed by atoms with Gasteiger partial charge in [-0.2, -0.15) is 0 Å². The molecule has 0 aromatic carbocycles. The highest BCUT2D eigenvalue weighted by Crippen LogP contribution is 2.70. The van der Waals surface area contributed by atoms with Crippen molar-refractivity contribution in [3.8, 4) is 0 Å². The van der Waals surface area contributed by atoms with Crippen LogP contribution in [0.1, 0.15) is 83.6 Å². The third-order valence-corrected chi connectivity index (χ3v) is 14.3. The van der Waals surface area contributed by atoms with Crippen molar-refractivity contribution < 1.29 is 19.1 Å². The molecule has 0 radical (unpaired) electrons. The fourth-order valence-corrected chi connectivity index (χ4v) is 11.9. The second kappa shape index (κ2) is 11.1. The Hall–Kier alpha value is -2.45. The van der Waals surface area contributed by atoms with E-state index in [0.717, 1.165) is 103 Å². The van der Waals surface area contributed by atoms with Crippen LogP contribution in [0.25, 0.3) is 0 Å². The molecule has 1 aromatic rings. The van der Waals surface area contributed by atoms with Crippen LogP contribution in [0.2, 0.25) is 0 Å². The van der Waals surface area contributed by atoms with Crippen molar-refractivity contribution in [2.75, 3.05) is 16.9 Å². The number of nitrogens with one attached hydrogen (secondary N) is 1. The van der Waals surface area contributed by atoms with Crippen LogP contribution in [0.4, 0.5) is 5.82 Å². The lowest BCUT2D eigenvalue weighted by atomic mass is 9.44. The van der Waals surface area contributed by atoms with Crippen molar-refractivity contribution in [2.24, 2.45) is 34.5 Å². The predicted molar refractivity (Wildman–Crippen MR) is 175 cm³/mol. The Morgan fingerprint density at radius 2 is 1.98 bits per heavy atom. The summed E-state index contributed by atoms with van der Waals surface area (Å²) >= 11 is 0. The van der Waals surface area contributed by atoms with E-state index in [1.807, 2.05) is 27.8 Å². The van der Waals surface area contributed by atoms with Crippen LogP contribution < -0.4 is 5.32 Å². The van der Waals surface area contributed by atoms with Crippen LogP contribution >= 0.6 is 21.6 Å². The number of anilines is 1. The van der Waals surface area contributed by atoms with Gasteiger partial charge in [0.15, 0.2) is 0 Å². The molecule has 44 heavy (non-hydrogen) atoms. The summed E-state index contributed by atoms with van der Waals surface area (Å²) in [6, 6.07) is 4.21. The molecule has 3 aliphatic heterocycles. The molecule has 1 saturated heterocycles. The molecule has 0 unspecified atom stereocenters. The quantitative estimate of drug-likeness (QED) is 0.258. The molecule has 6 nitrogen and oxygen atoms in total. The van der Waals surface area contributed by atoms with E-state index in [1.165, 1.54) is 18.4 Å². The van der Waals surface area contributed by atoms with Gasteiger partial charge in [0, 0.05) is 29.0 Å². The normalized spacial score (nSPS) is 36.4. The SMILES string of the molecule is CCC1(/C=C2\OC(=O)C3=C2CC[C@H]2[C@@H]4CC[C@@]5(C6=C4Cc4ccnc(c4)NCSSC[C@@H](C)C/C=C\5OC6=O)[C@@H]32)CCCC1. The number of cyclic esters (lactones) is 1. The van der Waals surface area contributed by atoms with E-state index in [2.05, 4.69) is 48.4 Å². The number of hydrogen-bond acceptors (Lipinski definition) is 8. The summed E-state index contributed by atoms with van der Waals surface area (Å²) in [5.74, 6) is 4.81. The van der Waals surface area contributed by atoms with Crippen LogP contribution in [0.3, 0.4) is 0 Å². The Morgan fingerprint density at radius 3 is 2.82 bits per heavy atom. The highest BCUT2D eigenvalue weighted by molar-refractivity contribution is 8.76. The molecule has 0 amide bonds. The average molecular weight is 631 g/mol. The zero-order valence-electron chi connectivity index (χ0n) is 25.8. The predicted octanol–water partition coefficient (Wildman–Crippen LogP) is 8.30. The van der Waals surface area contributed by atoms with E-state index < -0.39 is 5.41 Å². The van der Waals surface area contributed by atoms with E-state index in [9.17, 15) is 9.59 Å². The first-order valence-electron chi connectivity index (χ1n) is 16.7. The maximum Gasteiger partial charge on any atom is 0.340 e. The number of ether oxygens (including phenoxy) is 2. The van der Waals surface area contributed by atoms with Crippen LogP contribution in [0.15, 0.2) is 64.3 Å². The second-order valence-electron chi connectivity index (χ2n) is 14.2. The van der Waals surface area contributed by atoms with Gasteiger partial charge in [0.1, 0.15) is 17.3 Å². The number of carbonyl (C=O) groups excluding carboxylic acids is 2. The number of rotatable bonds is 2. The fraction of sp³-hybridized carbons (Fsp3) is 0.583. The molecule has 232 valence electrons. The van der Waals surface area contributed by atoms with E-state index in [4.69, 9.17) is 9.47 Å². The lowest BCUT2D eigenvalue weighted by Crippen LogP contribution is -2.52. The monoisotopic (exact) mass is 630 g/mol. The fourth-order valence-electron chi connectivity index (χ4n) is 9.78. The Labute approximate surface area is 268 Å². The minimum Gasteiger partial charge on any atom is -0.427 e. The molecule has 5 atom stereocenters. The van der Waals surface area contributed by atoms with Gasteiger partial charge in [-0.05, 0) is 111 Å². The minimum absolute atomic E-state index is 0.0743. The van der Waals surface area contributed by atoms with E-state index >= 15 is 0 Å². The first kappa shape index (κ1) is 29.0. The van der Waals surface area contributed by atoms with Gasteiger partial charge < -0.3 is 14.8 Å². The highest BCUT2D eigenvalue weighted by atomic mass is 33.1. The van der Waals surface area contributed by atoms with Gasteiger partial charge in [0.2, 0.25) is 0 Å². The number of nitrogens with zero attached hydrogens (tertiary/aromatic N) is 1. The molecule has 1 N–H and O–H groups in total. The number of carbonyl (C=O) groups is 2. The van der Waals surface area contributed by atoms with Crippen LogP contribution in [-0.2, 0) is 25.5 Å². The highest BCUT2D eigenvalue weighted by Gasteiger charge is 2.68. The molecule has 7 bridgehead atoms. The van der Waals surface area contributed by atoms with Gasteiger partial charge >= 0.3 is 11.9 Å². The first-order chi connectivity index (χ1) is 21.4. The molecule has 9 rings (SSSR count). The Morgan fingerprint density at radius 1 is 1.11 bits per heavy atom. The van der Waals surface area contributed by atoms with Crippen molar-refractivity contribution in [1.29, 1.82) is 0 Å². The largest absolute Gasteiger partial charge is 0.427 e. The summed E-state index contributed by atoms with van der Waals surface area (Å²) in [4.78, 5) is 32.6. The van der Waals surface area contributed by atoms with Gasteiger partial charge in [-0.3, -0.25) is 0 Å². The molecule has 8 aliphatic rings. The van der Waals surface area contributed by atoms with E-state index in [-0.39, 0.29) is 29.2 Å². The number of allylic oxidation sites excluding steroid dienone is 5. The summed E-state index contributed by atoms with van der Waals surface area (Å²) < 4.78 is 12.5. The molecule has 1 spiro atoms. The Balaban J connectivity index is 1.29. The average Bonchev–Trinajstić information content (AvgIpc) is 3.71. The second-order valence-corrected chi connectivity index (χ2v) is 16.7. The molecule has 5 aliphatic carbocycles. The van der Waals surface area contributed by atoms with Crippen molar-refractivity contribution >= 4 is 39.3 Å². The van der Waals surface area contributed by atoms with E-state index in [0.29, 0.717) is 18.3 Å². The summed E-state index contributed by atoms with van der Waals surface area (Å²) in [5.41, 5.74) is 4.74. The number of aromatic nitrogens is 1. The summed E-state index contributed by atoms with van der Waals surface area (Å²) in [6.07, 6.45) is 17.6. The lowest BCUT2D eigenvalue weighted by molar-refractivity contribution is -0.135. The molecular weight excluding hydrogens is 589 g/mol. The maximum atomic E-state index is 14.0. The molecule has 3 fully saturated rings. The van der Waals surface area contributed by atoms with Gasteiger partial charge in [-0.1, -0.05) is 53.9 Å². The summed E-state index contributed by atoms with van der Waals surface area (Å²) in [7, 11) is 3.68. The zero-order valence-corrected chi connectivity index (χ0v) is 27.4. The van der Waals surface area contributed by atoms with Gasteiger partial charge in [-0.15, -0.1) is 0 Å². The molecule has 2 saturated carbocycles.